The van der Waals surface area contributed by atoms with E-state index in [4.69, 9.17) is 0 Å². The van der Waals surface area contributed by atoms with Crippen LogP contribution < -0.4 is 5.46 Å². The number of rotatable bonds is 2. The third-order valence-corrected chi connectivity index (χ3v) is 9.12. The molecule has 0 saturated heterocycles. The van der Waals surface area contributed by atoms with Crippen LogP contribution >= 0.6 is 0 Å². The molecule has 0 radical (unpaired) electrons. The zero-order chi connectivity index (χ0) is 27.2. The van der Waals surface area contributed by atoms with Crippen LogP contribution in [0.15, 0.2) is 121 Å². The van der Waals surface area contributed by atoms with Gasteiger partial charge in [-0.05, 0) is 87.6 Å². The number of hydrogen-bond acceptors (Lipinski definition) is 1. The Morgan fingerprint density at radius 1 is 0.390 bits per heavy atom. The van der Waals surface area contributed by atoms with Crippen LogP contribution in [-0.4, -0.2) is 7.85 Å². The topological polar surface area (TPSA) is 23.8 Å². The van der Waals surface area contributed by atoms with E-state index in [1.165, 1.54) is 87.0 Å². The minimum atomic E-state index is 0.721. The van der Waals surface area contributed by atoms with Crippen molar-refractivity contribution in [1.29, 1.82) is 5.26 Å². The van der Waals surface area contributed by atoms with Crippen molar-refractivity contribution in [3.63, 3.8) is 0 Å². The van der Waals surface area contributed by atoms with Crippen LogP contribution in [0.4, 0.5) is 0 Å². The molecular weight excluding hydrogens is 493 g/mol. The number of benzene rings is 7. The minimum absolute atomic E-state index is 0.721. The maximum atomic E-state index is 10.0. The molecule has 186 valence electrons. The largest absolute Gasteiger partial charge is 0.192 e. The van der Waals surface area contributed by atoms with Crippen molar-refractivity contribution in [3.05, 3.63) is 127 Å². The molecule has 0 atom stereocenters. The fourth-order valence-electron chi connectivity index (χ4n) is 7.50. The smallest absolute Gasteiger partial charge is 0.140 e. The summed E-state index contributed by atoms with van der Waals surface area (Å²) < 4.78 is 0. The average Bonchev–Trinajstić information content (AvgIpc) is 3.54. The average molecular weight is 515 g/mol. The van der Waals surface area contributed by atoms with Crippen LogP contribution in [0, 0.1) is 11.3 Å². The molecule has 2 heteroatoms. The molecule has 0 spiro atoms. The molecule has 0 amide bonds. The van der Waals surface area contributed by atoms with E-state index in [0.717, 1.165) is 10.9 Å². The normalized spacial score (nSPS) is 12.0. The highest BCUT2D eigenvalue weighted by Crippen LogP contribution is 2.55. The molecule has 9 aromatic rings. The van der Waals surface area contributed by atoms with Gasteiger partial charge in [0.2, 0.25) is 0 Å². The van der Waals surface area contributed by atoms with E-state index < -0.39 is 0 Å². The lowest BCUT2D eigenvalue weighted by Gasteiger charge is -2.15. The summed E-state index contributed by atoms with van der Waals surface area (Å²) in [5.74, 6) is 0. The van der Waals surface area contributed by atoms with Crippen LogP contribution in [-0.2, 0) is 0 Å². The highest BCUT2D eigenvalue weighted by Gasteiger charge is 2.27. The summed E-state index contributed by atoms with van der Waals surface area (Å²) >= 11 is 0. The van der Waals surface area contributed by atoms with Crippen LogP contribution in [0.3, 0.4) is 0 Å². The molecule has 0 heterocycles. The molecule has 0 aliphatic rings. The van der Waals surface area contributed by atoms with Crippen molar-refractivity contribution in [2.75, 3.05) is 0 Å². The van der Waals surface area contributed by atoms with E-state index in [-0.39, 0.29) is 0 Å². The lowest BCUT2D eigenvalue weighted by Crippen LogP contribution is -2.02. The third-order valence-electron chi connectivity index (χ3n) is 9.12. The molecule has 0 unspecified atom stereocenters. The Balaban J connectivity index is 1.71. The van der Waals surface area contributed by atoms with Crippen LogP contribution in [0.2, 0.25) is 0 Å². The summed E-state index contributed by atoms with van der Waals surface area (Å²) in [6, 6.07) is 46.2. The van der Waals surface area contributed by atoms with Crippen molar-refractivity contribution in [1.82, 2.24) is 0 Å². The molecule has 41 heavy (non-hydrogen) atoms. The number of fused-ring (bicyclic) bond motifs is 6. The fraction of sp³-hybridized carbons (Fsp3) is 0. The van der Waals surface area contributed by atoms with Gasteiger partial charge in [0.1, 0.15) is 7.85 Å². The van der Waals surface area contributed by atoms with Gasteiger partial charge in [0.15, 0.2) is 0 Å². The second kappa shape index (κ2) is 8.07. The van der Waals surface area contributed by atoms with Crippen LogP contribution in [0.5, 0.6) is 0 Å². The first-order valence-corrected chi connectivity index (χ1v) is 14.1. The standard InChI is InChI=1S/C39H22BN/c40-31-20-19-30-35-26(31)14-8-16-28(35)37-33(23-11-5-2-6-12-23)38-29-18-17-24(21-41)25-13-7-15-27(34(25)29)36(38)32(39(30)37)22-9-3-1-4-10-22/h1-20H,40H2. The molecule has 0 bridgehead atoms. The first-order chi connectivity index (χ1) is 20.3. The van der Waals surface area contributed by atoms with Crippen molar-refractivity contribution in [2.24, 2.45) is 0 Å². The molecular formula is C39H22BN. The van der Waals surface area contributed by atoms with Gasteiger partial charge in [-0.25, -0.2) is 0 Å². The van der Waals surface area contributed by atoms with Gasteiger partial charge in [-0.1, -0.05) is 121 Å². The lowest BCUT2D eigenvalue weighted by molar-refractivity contribution is 1.51. The fourth-order valence-corrected chi connectivity index (χ4v) is 7.50. The van der Waals surface area contributed by atoms with Gasteiger partial charge in [-0.3, -0.25) is 0 Å². The van der Waals surface area contributed by atoms with Gasteiger partial charge in [0.05, 0.1) is 11.6 Å². The molecule has 0 fully saturated rings. The van der Waals surface area contributed by atoms with Crippen molar-refractivity contribution < 1.29 is 0 Å². The lowest BCUT2D eigenvalue weighted by atomic mass is 9.87. The Kier molecular flexibility index (Phi) is 4.42. The number of hydrogen-bond donors (Lipinski definition) is 0. The third kappa shape index (κ3) is 2.80. The van der Waals surface area contributed by atoms with Crippen molar-refractivity contribution in [2.45, 2.75) is 0 Å². The van der Waals surface area contributed by atoms with Gasteiger partial charge in [-0.2, -0.15) is 5.26 Å². The van der Waals surface area contributed by atoms with E-state index in [1.807, 2.05) is 6.07 Å². The first-order valence-electron chi connectivity index (χ1n) is 14.1. The van der Waals surface area contributed by atoms with Crippen LogP contribution in [0.25, 0.3) is 86.9 Å². The van der Waals surface area contributed by atoms with E-state index in [9.17, 15) is 5.26 Å². The van der Waals surface area contributed by atoms with Gasteiger partial charge >= 0.3 is 0 Å². The summed E-state index contributed by atoms with van der Waals surface area (Å²) in [6.07, 6.45) is 0. The summed E-state index contributed by atoms with van der Waals surface area (Å²) in [6.45, 7) is 0. The Hall–Kier alpha value is -5.39. The second-order valence-electron chi connectivity index (χ2n) is 11.1. The number of nitrogens with zero attached hydrogens (tertiary/aromatic N) is 1. The van der Waals surface area contributed by atoms with Gasteiger partial charge < -0.3 is 0 Å². The molecule has 9 aromatic carbocycles. The maximum Gasteiger partial charge on any atom is 0.140 e. The highest BCUT2D eigenvalue weighted by atomic mass is 14.3. The molecule has 0 aliphatic carbocycles. The van der Waals surface area contributed by atoms with E-state index >= 15 is 0 Å². The monoisotopic (exact) mass is 515 g/mol. The minimum Gasteiger partial charge on any atom is -0.192 e. The zero-order valence-corrected chi connectivity index (χ0v) is 22.5. The molecule has 1 nitrogen and oxygen atoms in total. The predicted molar refractivity (Wildman–Crippen MR) is 178 cm³/mol. The van der Waals surface area contributed by atoms with Crippen molar-refractivity contribution in [3.8, 4) is 28.3 Å². The Morgan fingerprint density at radius 3 is 1.37 bits per heavy atom. The Bertz CT molecular complexity index is 2420. The summed E-state index contributed by atoms with van der Waals surface area (Å²) in [4.78, 5) is 0. The SMILES string of the molecule is Bc1ccc2c3c(-c4ccccc4)c4c5cccc6c(C#N)ccc(c4c(-c4ccccc4)c3c3cccc1c23)c65. The first kappa shape index (κ1) is 22.4. The summed E-state index contributed by atoms with van der Waals surface area (Å²) in [7, 11) is 2.21. The highest BCUT2D eigenvalue weighted by molar-refractivity contribution is 6.49. The van der Waals surface area contributed by atoms with E-state index in [1.54, 1.807) is 0 Å². The predicted octanol–water partition coefficient (Wildman–Crippen LogP) is 8.95. The molecule has 9 rings (SSSR count). The van der Waals surface area contributed by atoms with Gasteiger partial charge in [-0.15, -0.1) is 0 Å². The van der Waals surface area contributed by atoms with E-state index in [2.05, 4.69) is 129 Å². The van der Waals surface area contributed by atoms with Gasteiger partial charge in [0, 0.05) is 5.39 Å². The van der Waals surface area contributed by atoms with Gasteiger partial charge in [0.25, 0.3) is 0 Å². The summed E-state index contributed by atoms with van der Waals surface area (Å²) in [5, 5.41) is 25.1. The van der Waals surface area contributed by atoms with E-state index in [0.29, 0.717) is 0 Å². The quantitative estimate of drug-likeness (QED) is 0.211. The molecule has 0 saturated carbocycles. The zero-order valence-electron chi connectivity index (χ0n) is 22.5. The van der Waals surface area contributed by atoms with Crippen molar-refractivity contribution >= 4 is 77.9 Å². The molecule has 0 N–H and O–H groups in total. The maximum absolute atomic E-state index is 10.0. The Morgan fingerprint density at radius 2 is 0.829 bits per heavy atom. The Labute approximate surface area is 238 Å². The van der Waals surface area contributed by atoms with Crippen LogP contribution in [0.1, 0.15) is 5.56 Å². The number of nitriles is 1. The summed E-state index contributed by atoms with van der Waals surface area (Å²) in [5.41, 5.74) is 7.00. The molecule has 0 aromatic heterocycles. The molecule has 0 aliphatic heterocycles. The second-order valence-corrected chi connectivity index (χ2v) is 11.1.